The first-order valence-corrected chi connectivity index (χ1v) is 7.66. The second-order valence-electron chi connectivity index (χ2n) is 6.49. The number of carbonyl (C=O) groups is 2. The highest BCUT2D eigenvalue weighted by Gasteiger charge is 2.25. The van der Waals surface area contributed by atoms with Crippen LogP contribution in [0, 0.1) is 18.3 Å². The van der Waals surface area contributed by atoms with Crippen LogP contribution in [0.3, 0.4) is 0 Å². The summed E-state index contributed by atoms with van der Waals surface area (Å²) in [5.74, 6) is -1.73. The molecule has 1 aromatic carbocycles. The molecule has 0 aliphatic heterocycles. The van der Waals surface area contributed by atoms with E-state index >= 15 is 0 Å². The number of carboxylic acid groups (broad SMARTS) is 1. The molecule has 1 atom stereocenters. The van der Waals surface area contributed by atoms with Gasteiger partial charge in [0.2, 0.25) is 0 Å². The third-order valence-electron chi connectivity index (χ3n) is 3.08. The number of carbonyl (C=O) groups excluding carboxylic acids is 1. The van der Waals surface area contributed by atoms with Gasteiger partial charge in [0.1, 0.15) is 0 Å². The minimum Gasteiger partial charge on any atom is -0.481 e. The molecule has 2 N–H and O–H groups in total. The third-order valence-corrected chi connectivity index (χ3v) is 3.78. The lowest BCUT2D eigenvalue weighted by molar-refractivity contribution is -0.142. The molecule has 0 saturated carbocycles. The zero-order valence-corrected chi connectivity index (χ0v) is 14.5. The Kier molecular flexibility index (Phi) is 5.96. The highest BCUT2D eigenvalue weighted by atomic mass is 79.9. The van der Waals surface area contributed by atoms with Gasteiger partial charge in [0.05, 0.1) is 11.5 Å². The van der Waals surface area contributed by atoms with Crippen LogP contribution in [0.4, 0.5) is 0 Å². The minimum atomic E-state index is -0.881. The molecule has 1 rings (SSSR count). The Morgan fingerprint density at radius 2 is 1.95 bits per heavy atom. The van der Waals surface area contributed by atoms with E-state index in [1.165, 1.54) is 0 Å². The molecule has 5 heteroatoms. The van der Waals surface area contributed by atoms with Crippen LogP contribution in [0.1, 0.15) is 43.1 Å². The van der Waals surface area contributed by atoms with Gasteiger partial charge in [0.15, 0.2) is 0 Å². The van der Waals surface area contributed by atoms with Crippen molar-refractivity contribution < 1.29 is 14.7 Å². The number of halogens is 1. The number of aliphatic carboxylic acids is 1. The molecule has 0 aliphatic carbocycles. The standard InChI is InChI=1S/C16H22BrNO3/c1-10-5-6-13(17)12(7-10)14(19)18-9-11(15(20)21)8-16(2,3)4/h5-7,11H,8-9H2,1-4H3,(H,18,19)(H,20,21). The summed E-state index contributed by atoms with van der Waals surface area (Å²) in [5.41, 5.74) is 1.40. The van der Waals surface area contributed by atoms with Gasteiger partial charge in [-0.25, -0.2) is 0 Å². The first-order chi connectivity index (χ1) is 9.60. The second-order valence-corrected chi connectivity index (χ2v) is 7.35. The van der Waals surface area contributed by atoms with Crippen molar-refractivity contribution in [2.24, 2.45) is 11.3 Å². The van der Waals surface area contributed by atoms with Gasteiger partial charge in [-0.05, 0) is 46.8 Å². The Labute approximate surface area is 134 Å². The van der Waals surface area contributed by atoms with Gasteiger partial charge in [-0.2, -0.15) is 0 Å². The van der Waals surface area contributed by atoms with E-state index < -0.39 is 11.9 Å². The number of rotatable bonds is 5. The predicted molar refractivity (Wildman–Crippen MR) is 86.4 cm³/mol. The van der Waals surface area contributed by atoms with Crippen LogP contribution in [-0.2, 0) is 4.79 Å². The summed E-state index contributed by atoms with van der Waals surface area (Å²) in [6.07, 6.45) is 0.512. The predicted octanol–water partition coefficient (Wildman–Crippen LogP) is 3.62. The van der Waals surface area contributed by atoms with Crippen molar-refractivity contribution in [1.29, 1.82) is 0 Å². The highest BCUT2D eigenvalue weighted by molar-refractivity contribution is 9.10. The van der Waals surface area contributed by atoms with Crippen molar-refractivity contribution in [2.45, 2.75) is 34.1 Å². The topological polar surface area (TPSA) is 66.4 Å². The van der Waals surface area contributed by atoms with Crippen LogP contribution in [0.25, 0.3) is 0 Å². The molecule has 1 aromatic rings. The van der Waals surface area contributed by atoms with Crippen molar-refractivity contribution in [2.75, 3.05) is 6.54 Å². The van der Waals surface area contributed by atoms with Crippen molar-refractivity contribution in [1.82, 2.24) is 5.32 Å². The van der Waals surface area contributed by atoms with Crippen molar-refractivity contribution >= 4 is 27.8 Å². The summed E-state index contributed by atoms with van der Waals surface area (Å²) < 4.78 is 0.702. The van der Waals surface area contributed by atoms with Gasteiger partial charge in [0, 0.05) is 11.0 Å². The molecule has 0 spiro atoms. The number of hydrogen-bond donors (Lipinski definition) is 2. The Morgan fingerprint density at radius 3 is 2.48 bits per heavy atom. The molecular weight excluding hydrogens is 334 g/mol. The van der Waals surface area contributed by atoms with Gasteiger partial charge in [-0.3, -0.25) is 9.59 Å². The second kappa shape index (κ2) is 7.07. The van der Waals surface area contributed by atoms with E-state index in [0.29, 0.717) is 16.5 Å². The quantitative estimate of drug-likeness (QED) is 0.847. The first-order valence-electron chi connectivity index (χ1n) is 6.87. The Hall–Kier alpha value is -1.36. The van der Waals surface area contributed by atoms with E-state index in [0.717, 1.165) is 5.56 Å². The maximum atomic E-state index is 12.2. The van der Waals surface area contributed by atoms with Crippen LogP contribution in [0.2, 0.25) is 0 Å². The van der Waals surface area contributed by atoms with Gasteiger partial charge in [-0.15, -0.1) is 0 Å². The molecule has 0 aromatic heterocycles. The molecule has 4 nitrogen and oxygen atoms in total. The van der Waals surface area contributed by atoms with Crippen LogP contribution < -0.4 is 5.32 Å². The van der Waals surface area contributed by atoms with E-state index in [-0.39, 0.29) is 17.9 Å². The van der Waals surface area contributed by atoms with E-state index in [2.05, 4.69) is 21.2 Å². The fourth-order valence-electron chi connectivity index (χ4n) is 2.11. The van der Waals surface area contributed by atoms with E-state index in [9.17, 15) is 14.7 Å². The molecule has 0 heterocycles. The Bertz CT molecular complexity index is 535. The number of carboxylic acids is 1. The minimum absolute atomic E-state index is 0.0995. The van der Waals surface area contributed by atoms with Gasteiger partial charge >= 0.3 is 5.97 Å². The lowest BCUT2D eigenvalue weighted by Gasteiger charge is -2.23. The van der Waals surface area contributed by atoms with Crippen LogP contribution in [-0.4, -0.2) is 23.5 Å². The lowest BCUT2D eigenvalue weighted by Crippen LogP contribution is -2.35. The molecule has 0 radical (unpaired) electrons. The maximum absolute atomic E-state index is 12.2. The molecule has 0 saturated heterocycles. The number of nitrogens with one attached hydrogen (secondary N) is 1. The number of aryl methyl sites for hydroxylation is 1. The van der Waals surface area contributed by atoms with Crippen LogP contribution >= 0.6 is 15.9 Å². The summed E-state index contributed by atoms with van der Waals surface area (Å²) in [6, 6.07) is 5.49. The van der Waals surface area contributed by atoms with Crippen LogP contribution in [0.15, 0.2) is 22.7 Å². The molecule has 1 unspecified atom stereocenters. The first kappa shape index (κ1) is 17.7. The summed E-state index contributed by atoms with van der Waals surface area (Å²) >= 11 is 3.34. The zero-order chi connectivity index (χ0) is 16.2. The summed E-state index contributed by atoms with van der Waals surface area (Å²) in [7, 11) is 0. The molecular formula is C16H22BrNO3. The zero-order valence-electron chi connectivity index (χ0n) is 12.9. The van der Waals surface area contributed by atoms with Gasteiger partial charge < -0.3 is 10.4 Å². The average Bonchev–Trinajstić information content (AvgIpc) is 2.35. The normalized spacial score (nSPS) is 12.8. The summed E-state index contributed by atoms with van der Waals surface area (Å²) in [4.78, 5) is 23.5. The van der Waals surface area contributed by atoms with E-state index in [1.54, 1.807) is 6.07 Å². The van der Waals surface area contributed by atoms with Crippen molar-refractivity contribution in [3.05, 3.63) is 33.8 Å². The number of benzene rings is 1. The maximum Gasteiger partial charge on any atom is 0.308 e. The number of amides is 1. The monoisotopic (exact) mass is 355 g/mol. The fourth-order valence-corrected chi connectivity index (χ4v) is 2.54. The molecule has 1 amide bonds. The smallest absolute Gasteiger partial charge is 0.308 e. The largest absolute Gasteiger partial charge is 0.481 e. The highest BCUT2D eigenvalue weighted by Crippen LogP contribution is 2.24. The summed E-state index contributed by atoms with van der Waals surface area (Å²) in [6.45, 7) is 8.00. The van der Waals surface area contributed by atoms with Gasteiger partial charge in [0.25, 0.3) is 5.91 Å². The lowest BCUT2D eigenvalue weighted by atomic mass is 9.84. The SMILES string of the molecule is Cc1ccc(Br)c(C(=O)NCC(CC(C)(C)C)C(=O)O)c1. The Balaban J connectivity index is 2.74. The molecule has 116 valence electrons. The van der Waals surface area contributed by atoms with E-state index in [4.69, 9.17) is 0 Å². The third kappa shape index (κ3) is 5.87. The molecule has 0 bridgehead atoms. The summed E-state index contributed by atoms with van der Waals surface area (Å²) in [5, 5.41) is 12.0. The van der Waals surface area contributed by atoms with Crippen LogP contribution in [0.5, 0.6) is 0 Å². The average molecular weight is 356 g/mol. The molecule has 0 fully saturated rings. The van der Waals surface area contributed by atoms with E-state index in [1.807, 2.05) is 39.8 Å². The molecule has 21 heavy (non-hydrogen) atoms. The fraction of sp³-hybridized carbons (Fsp3) is 0.500. The van der Waals surface area contributed by atoms with Gasteiger partial charge in [-0.1, -0.05) is 32.4 Å². The Morgan fingerprint density at radius 1 is 1.33 bits per heavy atom. The number of hydrogen-bond acceptors (Lipinski definition) is 2. The van der Waals surface area contributed by atoms with Crippen molar-refractivity contribution in [3.8, 4) is 0 Å². The molecule has 0 aliphatic rings. The van der Waals surface area contributed by atoms with Crippen molar-refractivity contribution in [3.63, 3.8) is 0 Å².